The molecule has 0 spiro atoms. The van der Waals surface area contributed by atoms with Gasteiger partial charge in [0.2, 0.25) is 5.95 Å². The lowest BCUT2D eigenvalue weighted by Gasteiger charge is -2.33. The Morgan fingerprint density at radius 1 is 0.857 bits per heavy atom. The van der Waals surface area contributed by atoms with Gasteiger partial charge in [-0.05, 0) is 85.4 Å². The third-order valence-electron chi connectivity index (χ3n) is 6.81. The number of aromatic nitrogens is 3. The van der Waals surface area contributed by atoms with E-state index in [9.17, 15) is 22.8 Å². The molecule has 2 fully saturated rings. The summed E-state index contributed by atoms with van der Waals surface area (Å²) in [5.41, 5.74) is -1.93. The van der Waals surface area contributed by atoms with Crippen LogP contribution in [0.3, 0.4) is 0 Å². The minimum Gasteiger partial charge on any atom is -0.444 e. The molecule has 2 saturated heterocycles. The van der Waals surface area contributed by atoms with E-state index in [1.54, 1.807) is 30.6 Å². The minimum atomic E-state index is -4.51. The van der Waals surface area contributed by atoms with Crippen LogP contribution in [0, 0.1) is 0 Å². The second-order valence-corrected chi connectivity index (χ2v) is 12.7. The largest absolute Gasteiger partial charge is 0.444 e. The van der Waals surface area contributed by atoms with E-state index in [1.807, 2.05) is 20.8 Å². The number of hydrogen-bond acceptors (Lipinski definition) is 8. The Bertz CT molecular complexity index is 1280. The summed E-state index contributed by atoms with van der Waals surface area (Å²) in [4.78, 5) is 42.7. The van der Waals surface area contributed by atoms with E-state index in [-0.39, 0.29) is 23.6 Å². The fourth-order valence-electron chi connectivity index (χ4n) is 4.92. The molecule has 1 atom stereocenters. The fraction of sp³-hybridized carbons (Fsp3) is 0.621. The Kier molecular flexibility index (Phi) is 8.89. The monoisotopic (exact) mass is 592 g/mol. The molecule has 2 aliphatic rings. The summed E-state index contributed by atoms with van der Waals surface area (Å²) in [5, 5.41) is 2.91. The van der Waals surface area contributed by atoms with Crippen molar-refractivity contribution in [3.63, 3.8) is 0 Å². The summed E-state index contributed by atoms with van der Waals surface area (Å²) < 4.78 is 51.1. The van der Waals surface area contributed by atoms with Gasteiger partial charge in [-0.25, -0.2) is 14.6 Å². The van der Waals surface area contributed by atoms with E-state index in [4.69, 9.17) is 14.5 Å². The molecule has 13 heteroatoms. The highest BCUT2D eigenvalue weighted by atomic mass is 19.4. The number of rotatable bonds is 4. The molecule has 10 nitrogen and oxygen atoms in total. The number of benzene rings is 1. The Labute approximate surface area is 244 Å². The normalized spacial score (nSPS) is 18.6. The summed E-state index contributed by atoms with van der Waals surface area (Å²) in [7, 11) is 0. The number of amides is 2. The lowest BCUT2D eigenvalue weighted by Crippen LogP contribution is -2.41. The summed E-state index contributed by atoms with van der Waals surface area (Å²) in [6, 6.07) is 4.31. The molecule has 1 aromatic heterocycles. The molecule has 1 N–H and O–H groups in total. The molecule has 0 aliphatic carbocycles. The molecule has 4 rings (SSSR count). The molecule has 0 bridgehead atoms. The Morgan fingerprint density at radius 3 is 2.10 bits per heavy atom. The first-order chi connectivity index (χ1) is 19.5. The third-order valence-corrected chi connectivity index (χ3v) is 6.81. The molecule has 2 aromatic rings. The van der Waals surface area contributed by atoms with Gasteiger partial charge in [0.1, 0.15) is 17.0 Å². The van der Waals surface area contributed by atoms with Crippen molar-refractivity contribution >= 4 is 23.8 Å². The number of halogens is 3. The van der Waals surface area contributed by atoms with Crippen LogP contribution in [-0.4, -0.2) is 67.8 Å². The Balaban J connectivity index is 1.62. The maximum Gasteiger partial charge on any atom is 0.416 e. The summed E-state index contributed by atoms with van der Waals surface area (Å²) in [6.45, 7) is 12.1. The van der Waals surface area contributed by atoms with Crippen LogP contribution in [0.25, 0.3) is 0 Å². The fourth-order valence-corrected chi connectivity index (χ4v) is 4.92. The molecule has 42 heavy (non-hydrogen) atoms. The van der Waals surface area contributed by atoms with Gasteiger partial charge in [0, 0.05) is 31.2 Å². The van der Waals surface area contributed by atoms with Crippen LogP contribution in [0.1, 0.15) is 96.4 Å². The van der Waals surface area contributed by atoms with E-state index in [0.717, 1.165) is 18.6 Å². The first-order valence-electron chi connectivity index (χ1n) is 14.2. The number of ether oxygens (including phenoxy) is 2. The molecular formula is C29H39F3N6O4. The summed E-state index contributed by atoms with van der Waals surface area (Å²) in [5.74, 6) is 0.741. The van der Waals surface area contributed by atoms with Gasteiger partial charge in [-0.2, -0.15) is 23.1 Å². The number of nitrogens with one attached hydrogen (secondary N) is 1. The van der Waals surface area contributed by atoms with Crippen LogP contribution in [0.15, 0.2) is 24.3 Å². The molecule has 0 radical (unpaired) electrons. The van der Waals surface area contributed by atoms with Gasteiger partial charge in [0.05, 0.1) is 11.6 Å². The number of hydrogen-bond donors (Lipinski definition) is 1. The quantitative estimate of drug-likeness (QED) is 0.412. The number of carbonyl (C=O) groups excluding carboxylic acids is 2. The van der Waals surface area contributed by atoms with Crippen molar-refractivity contribution in [2.45, 2.75) is 96.6 Å². The van der Waals surface area contributed by atoms with E-state index < -0.39 is 35.1 Å². The van der Waals surface area contributed by atoms with Gasteiger partial charge in [-0.3, -0.25) is 4.90 Å². The van der Waals surface area contributed by atoms with Gasteiger partial charge in [0.25, 0.3) is 0 Å². The summed E-state index contributed by atoms with van der Waals surface area (Å²) >= 11 is 0. The van der Waals surface area contributed by atoms with Gasteiger partial charge in [0.15, 0.2) is 5.82 Å². The van der Waals surface area contributed by atoms with Crippen molar-refractivity contribution in [2.75, 3.05) is 25.0 Å². The zero-order chi connectivity index (χ0) is 30.9. The lowest BCUT2D eigenvalue weighted by atomic mass is 9.96. The van der Waals surface area contributed by atoms with Crippen LogP contribution in [0.4, 0.5) is 34.4 Å². The maximum absolute atomic E-state index is 13.3. The standard InChI is InChI=1S/C29H39F3N6O4/c1-27(2,3)41-25(39)37-15-12-18(13-16-37)22-34-23(21-11-8-14-38(21)26(40)42-28(4,5)6)36-24(35-22)33-20-10-7-9-19(17-20)29(30,31)32/h7,9-10,17-18,21H,8,11-16H2,1-6H3,(H,33,34,35,36). The molecule has 1 aromatic carbocycles. The highest BCUT2D eigenvalue weighted by molar-refractivity contribution is 5.69. The van der Waals surface area contributed by atoms with Crippen molar-refractivity contribution in [2.24, 2.45) is 0 Å². The minimum absolute atomic E-state index is 0.0833. The second kappa shape index (κ2) is 11.9. The first kappa shape index (κ1) is 31.3. The van der Waals surface area contributed by atoms with Gasteiger partial charge >= 0.3 is 18.4 Å². The zero-order valence-electron chi connectivity index (χ0n) is 24.9. The SMILES string of the molecule is CC(C)(C)OC(=O)N1CCC(c2nc(Nc3cccc(C(F)(F)F)c3)nc(C3CCCN3C(=O)OC(C)(C)C)n2)CC1. The second-order valence-electron chi connectivity index (χ2n) is 12.7. The highest BCUT2D eigenvalue weighted by Crippen LogP contribution is 2.35. The number of carbonyl (C=O) groups is 2. The van der Waals surface area contributed by atoms with Crippen molar-refractivity contribution in [1.29, 1.82) is 0 Å². The average molecular weight is 593 g/mol. The number of likely N-dealkylation sites (tertiary alicyclic amines) is 2. The zero-order valence-corrected chi connectivity index (χ0v) is 24.9. The molecule has 2 aliphatic heterocycles. The number of anilines is 2. The van der Waals surface area contributed by atoms with Gasteiger partial charge in [-0.1, -0.05) is 6.07 Å². The van der Waals surface area contributed by atoms with Crippen LogP contribution in [-0.2, 0) is 15.7 Å². The van der Waals surface area contributed by atoms with Crippen LogP contribution in [0.2, 0.25) is 0 Å². The third kappa shape index (κ3) is 8.22. The first-order valence-corrected chi connectivity index (χ1v) is 14.2. The molecule has 1 unspecified atom stereocenters. The van der Waals surface area contributed by atoms with E-state index in [0.29, 0.717) is 50.5 Å². The van der Waals surface area contributed by atoms with Crippen molar-refractivity contribution in [1.82, 2.24) is 24.8 Å². The van der Waals surface area contributed by atoms with Crippen LogP contribution < -0.4 is 5.32 Å². The predicted octanol–water partition coefficient (Wildman–Crippen LogP) is 6.82. The Morgan fingerprint density at radius 2 is 1.48 bits per heavy atom. The van der Waals surface area contributed by atoms with E-state index in [2.05, 4.69) is 15.3 Å². The molecule has 3 heterocycles. The lowest BCUT2D eigenvalue weighted by molar-refractivity contribution is -0.137. The highest BCUT2D eigenvalue weighted by Gasteiger charge is 2.37. The molecular weight excluding hydrogens is 553 g/mol. The predicted molar refractivity (Wildman–Crippen MR) is 149 cm³/mol. The van der Waals surface area contributed by atoms with Crippen molar-refractivity contribution < 1.29 is 32.2 Å². The number of piperidine rings is 1. The maximum atomic E-state index is 13.3. The number of nitrogens with zero attached hydrogens (tertiary/aromatic N) is 5. The van der Waals surface area contributed by atoms with Crippen molar-refractivity contribution in [3.8, 4) is 0 Å². The molecule has 0 saturated carbocycles. The van der Waals surface area contributed by atoms with Gasteiger partial charge in [-0.15, -0.1) is 0 Å². The Hall–Kier alpha value is -3.64. The summed E-state index contributed by atoms with van der Waals surface area (Å²) in [6.07, 6.45) is -2.93. The smallest absolute Gasteiger partial charge is 0.416 e. The van der Waals surface area contributed by atoms with Gasteiger partial charge < -0.3 is 19.7 Å². The van der Waals surface area contributed by atoms with Crippen molar-refractivity contribution in [3.05, 3.63) is 41.5 Å². The van der Waals surface area contributed by atoms with Crippen LogP contribution in [0.5, 0.6) is 0 Å². The average Bonchev–Trinajstić information content (AvgIpc) is 3.37. The topological polar surface area (TPSA) is 110 Å². The van der Waals surface area contributed by atoms with E-state index in [1.165, 1.54) is 12.1 Å². The van der Waals surface area contributed by atoms with E-state index >= 15 is 0 Å². The molecule has 2 amide bonds. The molecule has 230 valence electrons. The van der Waals surface area contributed by atoms with Crippen LogP contribution >= 0.6 is 0 Å². The number of alkyl halides is 3.